The van der Waals surface area contributed by atoms with Crippen LogP contribution in [0.25, 0.3) is 0 Å². The SMILES string of the molecule is O=C1CC(=O)CC2(CCCc3ccccc32)C1. The molecule has 17 heavy (non-hydrogen) atoms. The van der Waals surface area contributed by atoms with E-state index < -0.39 is 0 Å². The Labute approximate surface area is 101 Å². The summed E-state index contributed by atoms with van der Waals surface area (Å²) in [6, 6.07) is 8.32. The predicted octanol–water partition coefficient (Wildman–Crippen LogP) is 2.58. The molecule has 0 bridgehead atoms. The Morgan fingerprint density at radius 3 is 2.47 bits per heavy atom. The first-order valence-electron chi connectivity index (χ1n) is 6.31. The van der Waals surface area contributed by atoms with Gasteiger partial charge in [-0.15, -0.1) is 0 Å². The number of fused-ring (bicyclic) bond motifs is 2. The summed E-state index contributed by atoms with van der Waals surface area (Å²) in [5, 5.41) is 0. The molecule has 0 aliphatic heterocycles. The fourth-order valence-electron chi connectivity index (χ4n) is 3.54. The zero-order valence-electron chi connectivity index (χ0n) is 9.87. The molecule has 1 fully saturated rings. The van der Waals surface area contributed by atoms with Gasteiger partial charge in [-0.2, -0.15) is 0 Å². The molecule has 0 amide bonds. The van der Waals surface area contributed by atoms with Crippen LogP contribution in [0.15, 0.2) is 24.3 Å². The second-order valence-corrected chi connectivity index (χ2v) is 5.40. The number of hydrogen-bond donors (Lipinski definition) is 0. The van der Waals surface area contributed by atoms with E-state index in [1.165, 1.54) is 11.1 Å². The topological polar surface area (TPSA) is 34.1 Å². The number of benzene rings is 1. The zero-order chi connectivity index (χ0) is 11.9. The highest BCUT2D eigenvalue weighted by Crippen LogP contribution is 2.45. The Morgan fingerprint density at radius 1 is 1.00 bits per heavy atom. The van der Waals surface area contributed by atoms with Crippen molar-refractivity contribution in [3.8, 4) is 0 Å². The molecule has 0 aromatic heterocycles. The maximum Gasteiger partial charge on any atom is 0.141 e. The molecule has 0 radical (unpaired) electrons. The number of carbonyl (C=O) groups excluding carboxylic acids is 2. The monoisotopic (exact) mass is 228 g/mol. The first-order valence-corrected chi connectivity index (χ1v) is 6.31. The molecule has 1 saturated carbocycles. The van der Waals surface area contributed by atoms with Crippen molar-refractivity contribution in [1.82, 2.24) is 0 Å². The van der Waals surface area contributed by atoms with Crippen molar-refractivity contribution in [1.29, 1.82) is 0 Å². The second-order valence-electron chi connectivity index (χ2n) is 5.40. The highest BCUT2D eigenvalue weighted by atomic mass is 16.1. The average molecular weight is 228 g/mol. The van der Waals surface area contributed by atoms with Gasteiger partial charge in [-0.25, -0.2) is 0 Å². The summed E-state index contributed by atoms with van der Waals surface area (Å²) >= 11 is 0. The van der Waals surface area contributed by atoms with Gasteiger partial charge in [-0.3, -0.25) is 9.59 Å². The highest BCUT2D eigenvalue weighted by molar-refractivity contribution is 6.03. The minimum absolute atomic E-state index is 0.123. The maximum absolute atomic E-state index is 11.7. The third-order valence-electron chi connectivity index (χ3n) is 4.16. The van der Waals surface area contributed by atoms with E-state index in [0.717, 1.165) is 19.3 Å². The van der Waals surface area contributed by atoms with Crippen LogP contribution in [0.5, 0.6) is 0 Å². The molecule has 2 heteroatoms. The average Bonchev–Trinajstić information content (AvgIpc) is 2.28. The third kappa shape index (κ3) is 1.72. The summed E-state index contributed by atoms with van der Waals surface area (Å²) in [6.07, 6.45) is 4.45. The molecule has 2 aliphatic rings. The molecule has 0 unspecified atom stereocenters. The van der Waals surface area contributed by atoms with E-state index in [1.807, 2.05) is 12.1 Å². The lowest BCUT2D eigenvalue weighted by Crippen LogP contribution is -2.40. The van der Waals surface area contributed by atoms with Gasteiger partial charge < -0.3 is 0 Å². The van der Waals surface area contributed by atoms with Crippen LogP contribution in [0.3, 0.4) is 0 Å². The largest absolute Gasteiger partial charge is 0.299 e. The Bertz CT molecular complexity index is 471. The predicted molar refractivity (Wildman–Crippen MR) is 64.9 cm³/mol. The number of rotatable bonds is 0. The Morgan fingerprint density at radius 2 is 1.71 bits per heavy atom. The van der Waals surface area contributed by atoms with Gasteiger partial charge in [0.15, 0.2) is 0 Å². The minimum Gasteiger partial charge on any atom is -0.299 e. The normalized spacial score (nSPS) is 22.6. The van der Waals surface area contributed by atoms with Gasteiger partial charge in [0.25, 0.3) is 0 Å². The zero-order valence-corrected chi connectivity index (χ0v) is 9.87. The van der Waals surface area contributed by atoms with Crippen molar-refractivity contribution >= 4 is 11.6 Å². The van der Waals surface area contributed by atoms with E-state index >= 15 is 0 Å². The van der Waals surface area contributed by atoms with E-state index in [9.17, 15) is 9.59 Å². The summed E-state index contributed by atoms with van der Waals surface area (Å²) in [7, 11) is 0. The van der Waals surface area contributed by atoms with E-state index in [2.05, 4.69) is 12.1 Å². The van der Waals surface area contributed by atoms with Gasteiger partial charge >= 0.3 is 0 Å². The molecule has 1 spiro atoms. The number of ketones is 2. The number of Topliss-reactive ketones (excluding diaryl/α,β-unsaturated/α-hetero) is 2. The van der Waals surface area contributed by atoms with Crippen LogP contribution in [-0.2, 0) is 21.4 Å². The molecule has 0 saturated heterocycles. The number of aryl methyl sites for hydroxylation is 1. The fraction of sp³-hybridized carbons (Fsp3) is 0.467. The fourth-order valence-corrected chi connectivity index (χ4v) is 3.54. The lowest BCUT2D eigenvalue weighted by atomic mass is 9.62. The Hall–Kier alpha value is -1.44. The molecule has 2 nitrogen and oxygen atoms in total. The van der Waals surface area contributed by atoms with Crippen molar-refractivity contribution in [3.05, 3.63) is 35.4 Å². The van der Waals surface area contributed by atoms with Gasteiger partial charge in [-0.05, 0) is 30.4 Å². The highest BCUT2D eigenvalue weighted by Gasteiger charge is 2.43. The first kappa shape index (κ1) is 10.7. The molecule has 1 aromatic carbocycles. The van der Waals surface area contributed by atoms with Gasteiger partial charge in [0, 0.05) is 18.3 Å². The minimum atomic E-state index is -0.165. The van der Waals surface area contributed by atoms with Crippen LogP contribution in [0.1, 0.15) is 43.2 Å². The van der Waals surface area contributed by atoms with E-state index in [1.54, 1.807) is 0 Å². The third-order valence-corrected chi connectivity index (χ3v) is 4.16. The lowest BCUT2D eigenvalue weighted by Gasteiger charge is -2.40. The summed E-state index contributed by atoms with van der Waals surface area (Å²) in [4.78, 5) is 23.5. The molecule has 2 aliphatic carbocycles. The molecule has 0 atom stereocenters. The van der Waals surface area contributed by atoms with E-state index in [0.29, 0.717) is 12.8 Å². The summed E-state index contributed by atoms with van der Waals surface area (Å²) < 4.78 is 0. The standard InChI is InChI=1S/C15H16O2/c16-12-8-13(17)10-15(9-12)7-3-5-11-4-1-2-6-14(11)15/h1-2,4,6H,3,5,7-10H2. The van der Waals surface area contributed by atoms with Crippen LogP contribution < -0.4 is 0 Å². The molecule has 1 aromatic rings. The number of hydrogen-bond acceptors (Lipinski definition) is 2. The van der Waals surface area contributed by atoms with Crippen LogP contribution in [0.4, 0.5) is 0 Å². The summed E-state index contributed by atoms with van der Waals surface area (Å²) in [5.41, 5.74) is 2.43. The smallest absolute Gasteiger partial charge is 0.141 e. The van der Waals surface area contributed by atoms with Crippen LogP contribution in [0, 0.1) is 0 Å². The van der Waals surface area contributed by atoms with E-state index in [4.69, 9.17) is 0 Å². The Kier molecular flexibility index (Phi) is 2.39. The molecule has 88 valence electrons. The molecule has 0 heterocycles. The van der Waals surface area contributed by atoms with Crippen LogP contribution in [0.2, 0.25) is 0 Å². The Balaban J connectivity index is 2.09. The lowest BCUT2D eigenvalue weighted by molar-refractivity contribution is -0.132. The van der Waals surface area contributed by atoms with Gasteiger partial charge in [0.2, 0.25) is 0 Å². The first-order chi connectivity index (χ1) is 8.20. The molecular weight excluding hydrogens is 212 g/mol. The van der Waals surface area contributed by atoms with Gasteiger partial charge in [-0.1, -0.05) is 24.3 Å². The van der Waals surface area contributed by atoms with Gasteiger partial charge in [0.05, 0.1) is 6.42 Å². The van der Waals surface area contributed by atoms with Gasteiger partial charge in [0.1, 0.15) is 11.6 Å². The van der Waals surface area contributed by atoms with Crippen molar-refractivity contribution in [2.24, 2.45) is 0 Å². The molecule has 3 rings (SSSR count). The second kappa shape index (κ2) is 3.80. The summed E-state index contributed by atoms with van der Waals surface area (Å²) in [6.45, 7) is 0. The van der Waals surface area contributed by atoms with E-state index in [-0.39, 0.29) is 23.4 Å². The maximum atomic E-state index is 11.7. The van der Waals surface area contributed by atoms with Crippen molar-refractivity contribution in [2.45, 2.75) is 43.9 Å². The number of carbonyl (C=O) groups is 2. The van der Waals surface area contributed by atoms with Crippen LogP contribution in [-0.4, -0.2) is 11.6 Å². The summed E-state index contributed by atoms with van der Waals surface area (Å²) in [5.74, 6) is 0.246. The van der Waals surface area contributed by atoms with Crippen molar-refractivity contribution in [3.63, 3.8) is 0 Å². The van der Waals surface area contributed by atoms with Crippen molar-refractivity contribution < 1.29 is 9.59 Å². The van der Waals surface area contributed by atoms with Crippen molar-refractivity contribution in [2.75, 3.05) is 0 Å². The molecule has 0 N–H and O–H groups in total. The quantitative estimate of drug-likeness (QED) is 0.639. The molecular formula is C15H16O2. The van der Waals surface area contributed by atoms with Crippen LogP contribution >= 0.6 is 0 Å².